The van der Waals surface area contributed by atoms with Crippen LogP contribution in [0.5, 0.6) is 0 Å². The van der Waals surface area contributed by atoms with Gasteiger partial charge in [0.15, 0.2) is 0 Å². The molecule has 1 aromatic rings. The van der Waals surface area contributed by atoms with Crippen LogP contribution in [0.1, 0.15) is 34.3 Å². The standard InChI is InChI=1S/C12H16ClNO4S2/c1-7(9-4-3-5-18-9)14-12(15)10-6-11(8(2)19-10)20(13,16)17/h6-7,9H,3-5H2,1-2H3,(H,14,15). The van der Waals surface area contributed by atoms with Crippen LogP contribution in [0.2, 0.25) is 0 Å². The Morgan fingerprint density at radius 2 is 2.30 bits per heavy atom. The molecule has 1 saturated heterocycles. The Kier molecular flexibility index (Phi) is 4.73. The number of rotatable bonds is 4. The number of halogens is 1. The van der Waals surface area contributed by atoms with Crippen molar-refractivity contribution >= 4 is 37.0 Å². The highest BCUT2D eigenvalue weighted by molar-refractivity contribution is 8.13. The van der Waals surface area contributed by atoms with Crippen LogP contribution in [-0.2, 0) is 13.8 Å². The summed E-state index contributed by atoms with van der Waals surface area (Å²) in [7, 11) is 1.51. The maximum atomic E-state index is 12.1. The Bertz CT molecular complexity index is 605. The van der Waals surface area contributed by atoms with Crippen molar-refractivity contribution in [1.82, 2.24) is 5.32 Å². The second-order valence-corrected chi connectivity index (χ2v) is 8.57. The second kappa shape index (κ2) is 6.01. The van der Waals surface area contributed by atoms with E-state index in [-0.39, 0.29) is 22.9 Å². The van der Waals surface area contributed by atoms with Gasteiger partial charge in [-0.1, -0.05) is 0 Å². The number of thiophene rings is 1. The SMILES string of the molecule is Cc1sc(C(=O)NC(C)C2CCCO2)cc1S(=O)(=O)Cl. The highest BCUT2D eigenvalue weighted by Gasteiger charge is 2.26. The molecule has 0 spiro atoms. The van der Waals surface area contributed by atoms with Crippen LogP contribution in [0.15, 0.2) is 11.0 Å². The zero-order valence-corrected chi connectivity index (χ0v) is 13.6. The third-order valence-electron chi connectivity index (χ3n) is 3.24. The Morgan fingerprint density at radius 1 is 1.60 bits per heavy atom. The Morgan fingerprint density at radius 3 is 2.80 bits per heavy atom. The van der Waals surface area contributed by atoms with Crippen molar-refractivity contribution < 1.29 is 17.9 Å². The minimum atomic E-state index is -3.81. The summed E-state index contributed by atoms with van der Waals surface area (Å²) in [6.45, 7) is 4.23. The molecule has 1 N–H and O–H groups in total. The summed E-state index contributed by atoms with van der Waals surface area (Å²) in [5.41, 5.74) is 0. The van der Waals surface area contributed by atoms with E-state index in [1.807, 2.05) is 6.92 Å². The van der Waals surface area contributed by atoms with Crippen LogP contribution in [0.4, 0.5) is 0 Å². The highest BCUT2D eigenvalue weighted by atomic mass is 35.7. The van der Waals surface area contributed by atoms with E-state index in [1.165, 1.54) is 6.07 Å². The largest absolute Gasteiger partial charge is 0.376 e. The van der Waals surface area contributed by atoms with Crippen LogP contribution >= 0.6 is 22.0 Å². The van der Waals surface area contributed by atoms with Gasteiger partial charge in [0.25, 0.3) is 15.0 Å². The molecule has 1 amide bonds. The summed E-state index contributed by atoms with van der Waals surface area (Å²) in [6.07, 6.45) is 1.94. The molecule has 1 aliphatic heterocycles. The third kappa shape index (κ3) is 3.52. The van der Waals surface area contributed by atoms with Gasteiger partial charge < -0.3 is 10.1 Å². The first kappa shape index (κ1) is 15.8. The molecule has 112 valence electrons. The van der Waals surface area contributed by atoms with Gasteiger partial charge in [0.05, 0.1) is 21.9 Å². The first-order chi connectivity index (χ1) is 9.29. The molecule has 0 aromatic carbocycles. The predicted molar refractivity (Wildman–Crippen MR) is 78.0 cm³/mol. The molecule has 8 heteroatoms. The number of carbonyl (C=O) groups is 1. The summed E-state index contributed by atoms with van der Waals surface area (Å²) in [4.78, 5) is 13.0. The van der Waals surface area contributed by atoms with Crippen molar-refractivity contribution in [3.63, 3.8) is 0 Å². The van der Waals surface area contributed by atoms with Crippen LogP contribution < -0.4 is 5.32 Å². The van der Waals surface area contributed by atoms with Gasteiger partial charge in [0, 0.05) is 22.2 Å². The van der Waals surface area contributed by atoms with E-state index in [4.69, 9.17) is 15.4 Å². The first-order valence-corrected chi connectivity index (χ1v) is 9.39. The molecule has 1 aromatic heterocycles. The van der Waals surface area contributed by atoms with E-state index in [9.17, 15) is 13.2 Å². The number of ether oxygens (including phenoxy) is 1. The summed E-state index contributed by atoms with van der Waals surface area (Å²) >= 11 is 1.12. The Balaban J connectivity index is 2.10. The summed E-state index contributed by atoms with van der Waals surface area (Å²) < 4.78 is 28.2. The number of amides is 1. The summed E-state index contributed by atoms with van der Waals surface area (Å²) in [6, 6.07) is 1.21. The lowest BCUT2D eigenvalue weighted by Gasteiger charge is -2.19. The maximum absolute atomic E-state index is 12.1. The van der Waals surface area contributed by atoms with Gasteiger partial charge in [-0.15, -0.1) is 11.3 Å². The Labute approximate surface area is 126 Å². The summed E-state index contributed by atoms with van der Waals surface area (Å²) in [5.74, 6) is -0.298. The molecule has 2 rings (SSSR count). The molecule has 20 heavy (non-hydrogen) atoms. The second-order valence-electron chi connectivity index (χ2n) is 4.78. The van der Waals surface area contributed by atoms with Crippen LogP contribution in [-0.4, -0.2) is 33.1 Å². The van der Waals surface area contributed by atoms with E-state index in [1.54, 1.807) is 6.92 Å². The van der Waals surface area contributed by atoms with Gasteiger partial charge in [0.1, 0.15) is 0 Å². The zero-order chi connectivity index (χ0) is 14.9. The van der Waals surface area contributed by atoms with E-state index < -0.39 is 9.05 Å². The minimum absolute atomic E-state index is 0.000846. The van der Waals surface area contributed by atoms with Crippen molar-refractivity contribution in [2.24, 2.45) is 0 Å². The predicted octanol–water partition coefficient (Wildman–Crippen LogP) is 2.28. The van der Waals surface area contributed by atoms with Crippen LogP contribution in [0, 0.1) is 6.92 Å². The molecule has 1 aliphatic rings. The molecular formula is C12H16ClNO4S2. The average Bonchev–Trinajstić information content (AvgIpc) is 2.95. The molecular weight excluding hydrogens is 322 g/mol. The molecule has 5 nitrogen and oxygen atoms in total. The van der Waals surface area contributed by atoms with Gasteiger partial charge in [-0.25, -0.2) is 8.42 Å². The number of hydrogen-bond donors (Lipinski definition) is 1. The van der Waals surface area contributed by atoms with E-state index in [0.717, 1.165) is 30.8 Å². The number of nitrogens with one attached hydrogen (secondary N) is 1. The van der Waals surface area contributed by atoms with Gasteiger partial charge >= 0.3 is 0 Å². The molecule has 0 saturated carbocycles. The normalized spacial score (nSPS) is 20.9. The monoisotopic (exact) mass is 337 g/mol. The first-order valence-electron chi connectivity index (χ1n) is 6.26. The maximum Gasteiger partial charge on any atom is 0.262 e. The van der Waals surface area contributed by atoms with Crippen LogP contribution in [0.3, 0.4) is 0 Å². The topological polar surface area (TPSA) is 72.5 Å². The molecule has 2 unspecified atom stereocenters. The molecule has 2 heterocycles. The lowest BCUT2D eigenvalue weighted by Crippen LogP contribution is -2.40. The van der Waals surface area contributed by atoms with E-state index in [2.05, 4.69) is 5.32 Å². The van der Waals surface area contributed by atoms with E-state index in [0.29, 0.717) is 9.75 Å². The third-order valence-corrected chi connectivity index (χ3v) is 5.87. The van der Waals surface area contributed by atoms with Crippen molar-refractivity contribution in [2.45, 2.75) is 43.7 Å². The van der Waals surface area contributed by atoms with Gasteiger partial charge in [-0.3, -0.25) is 4.79 Å². The fourth-order valence-electron chi connectivity index (χ4n) is 2.19. The molecule has 0 radical (unpaired) electrons. The average molecular weight is 338 g/mol. The minimum Gasteiger partial charge on any atom is -0.376 e. The van der Waals surface area contributed by atoms with Gasteiger partial charge in [-0.05, 0) is 32.8 Å². The lowest BCUT2D eigenvalue weighted by molar-refractivity contribution is 0.0714. The van der Waals surface area contributed by atoms with Crippen molar-refractivity contribution in [3.05, 3.63) is 15.8 Å². The van der Waals surface area contributed by atoms with Crippen molar-refractivity contribution in [1.29, 1.82) is 0 Å². The summed E-state index contributed by atoms with van der Waals surface area (Å²) in [5, 5.41) is 2.84. The molecule has 0 bridgehead atoms. The zero-order valence-electron chi connectivity index (χ0n) is 11.2. The highest BCUT2D eigenvalue weighted by Crippen LogP contribution is 2.28. The molecule has 2 atom stereocenters. The quantitative estimate of drug-likeness (QED) is 0.855. The number of carbonyl (C=O) groups excluding carboxylic acids is 1. The van der Waals surface area contributed by atoms with Crippen molar-refractivity contribution in [3.8, 4) is 0 Å². The molecule has 0 aliphatic carbocycles. The molecule has 1 fully saturated rings. The van der Waals surface area contributed by atoms with Crippen LogP contribution in [0.25, 0.3) is 0 Å². The smallest absolute Gasteiger partial charge is 0.262 e. The van der Waals surface area contributed by atoms with Crippen molar-refractivity contribution in [2.75, 3.05) is 6.61 Å². The fraction of sp³-hybridized carbons (Fsp3) is 0.583. The van der Waals surface area contributed by atoms with E-state index >= 15 is 0 Å². The number of aryl methyl sites for hydroxylation is 1. The Hall–Kier alpha value is -0.630. The lowest BCUT2D eigenvalue weighted by atomic mass is 10.1. The number of hydrogen-bond acceptors (Lipinski definition) is 5. The van der Waals surface area contributed by atoms with Gasteiger partial charge in [-0.2, -0.15) is 0 Å². The van der Waals surface area contributed by atoms with Gasteiger partial charge in [0.2, 0.25) is 0 Å². The fourth-order valence-corrected chi connectivity index (χ4v) is 4.75.